The molecule has 0 aromatic heterocycles. The van der Waals surface area contributed by atoms with Gasteiger partial charge >= 0.3 is 0 Å². The lowest BCUT2D eigenvalue weighted by atomic mass is 10.3. The van der Waals surface area contributed by atoms with Crippen LogP contribution in [0.4, 0.5) is 8.78 Å². The van der Waals surface area contributed by atoms with Crippen LogP contribution < -0.4 is 4.74 Å². The average Bonchev–Trinajstić information content (AvgIpc) is 2.27. The molecule has 19 heavy (non-hydrogen) atoms. The molecular formula is C12H17F2NO3S. The Hall–Kier alpha value is -1.21. The molecule has 1 aromatic carbocycles. The Morgan fingerprint density at radius 1 is 1.37 bits per heavy atom. The number of hydrogen-bond donors (Lipinski definition) is 0. The van der Waals surface area contributed by atoms with Gasteiger partial charge in [-0.1, -0.05) is 6.07 Å². The number of rotatable bonds is 7. The highest BCUT2D eigenvalue weighted by Gasteiger charge is 2.09. The number of halogens is 2. The number of benzene rings is 1. The Bertz CT molecular complexity index is 505. The minimum Gasteiger partial charge on any atom is -0.492 e. The van der Waals surface area contributed by atoms with Gasteiger partial charge in [-0.15, -0.1) is 0 Å². The normalized spacial score (nSPS) is 12.1. The van der Waals surface area contributed by atoms with Gasteiger partial charge in [-0.25, -0.2) is 17.2 Å². The molecule has 0 atom stereocenters. The first-order valence-electron chi connectivity index (χ1n) is 5.68. The van der Waals surface area contributed by atoms with E-state index < -0.39 is 16.3 Å². The summed E-state index contributed by atoms with van der Waals surface area (Å²) in [6.07, 6.45) is -1.26. The van der Waals surface area contributed by atoms with Crippen LogP contribution in [-0.2, 0) is 9.84 Å². The van der Waals surface area contributed by atoms with Crippen molar-refractivity contribution in [2.45, 2.75) is 11.3 Å². The van der Waals surface area contributed by atoms with Crippen LogP contribution in [-0.4, -0.2) is 52.7 Å². The van der Waals surface area contributed by atoms with Gasteiger partial charge in [-0.2, -0.15) is 0 Å². The van der Waals surface area contributed by atoms with Gasteiger partial charge in [0.2, 0.25) is 0 Å². The van der Waals surface area contributed by atoms with Gasteiger partial charge in [0.1, 0.15) is 12.4 Å². The Morgan fingerprint density at radius 3 is 2.63 bits per heavy atom. The predicted molar refractivity (Wildman–Crippen MR) is 68.5 cm³/mol. The third-order valence-electron chi connectivity index (χ3n) is 2.43. The van der Waals surface area contributed by atoms with E-state index in [1.807, 2.05) is 0 Å². The van der Waals surface area contributed by atoms with Crippen LogP contribution in [0.1, 0.15) is 0 Å². The van der Waals surface area contributed by atoms with Crippen molar-refractivity contribution >= 4 is 9.84 Å². The molecule has 0 N–H and O–H groups in total. The number of nitrogens with zero attached hydrogens (tertiary/aromatic N) is 1. The molecule has 0 unspecified atom stereocenters. The first-order valence-corrected chi connectivity index (χ1v) is 7.58. The minimum atomic E-state index is -3.27. The lowest BCUT2D eigenvalue weighted by molar-refractivity contribution is 0.0935. The van der Waals surface area contributed by atoms with Gasteiger partial charge in [-0.05, 0) is 25.2 Å². The van der Waals surface area contributed by atoms with Crippen molar-refractivity contribution in [3.63, 3.8) is 0 Å². The van der Waals surface area contributed by atoms with Gasteiger partial charge in [0.05, 0.1) is 11.4 Å². The third-order valence-corrected chi connectivity index (χ3v) is 3.54. The van der Waals surface area contributed by atoms with Gasteiger partial charge in [0.25, 0.3) is 6.43 Å². The van der Waals surface area contributed by atoms with E-state index >= 15 is 0 Å². The van der Waals surface area contributed by atoms with Crippen molar-refractivity contribution in [3.05, 3.63) is 24.3 Å². The highest BCUT2D eigenvalue weighted by atomic mass is 32.2. The van der Waals surface area contributed by atoms with Gasteiger partial charge in [0.15, 0.2) is 9.84 Å². The van der Waals surface area contributed by atoms with Crippen molar-refractivity contribution in [2.24, 2.45) is 0 Å². The largest absolute Gasteiger partial charge is 0.492 e. The second-order valence-corrected chi connectivity index (χ2v) is 6.26. The zero-order valence-corrected chi connectivity index (χ0v) is 11.7. The molecular weight excluding hydrogens is 276 g/mol. The highest BCUT2D eigenvalue weighted by molar-refractivity contribution is 7.90. The van der Waals surface area contributed by atoms with Crippen molar-refractivity contribution in [2.75, 3.05) is 33.0 Å². The van der Waals surface area contributed by atoms with Crippen molar-refractivity contribution in [3.8, 4) is 5.75 Å². The first kappa shape index (κ1) is 15.8. The molecule has 0 aliphatic carbocycles. The molecule has 0 heterocycles. The van der Waals surface area contributed by atoms with Gasteiger partial charge in [0, 0.05) is 12.8 Å². The van der Waals surface area contributed by atoms with Crippen LogP contribution in [0.15, 0.2) is 29.2 Å². The van der Waals surface area contributed by atoms with Crippen molar-refractivity contribution in [1.82, 2.24) is 4.90 Å². The summed E-state index contributed by atoms with van der Waals surface area (Å²) in [6, 6.07) is 6.10. The number of alkyl halides is 2. The van der Waals surface area contributed by atoms with E-state index in [1.54, 1.807) is 19.2 Å². The standard InChI is InChI=1S/C12H17F2NO3S/c1-15(9-12(13)14)6-7-18-10-4-3-5-11(8-10)19(2,16)17/h3-5,8,12H,6-7,9H2,1-2H3. The Labute approximate surface area is 111 Å². The number of ether oxygens (including phenoxy) is 1. The summed E-state index contributed by atoms with van der Waals surface area (Å²) in [7, 11) is -1.70. The smallest absolute Gasteiger partial charge is 0.251 e. The van der Waals surface area contributed by atoms with Crippen LogP contribution in [0, 0.1) is 0 Å². The Balaban J connectivity index is 2.50. The number of sulfone groups is 1. The quantitative estimate of drug-likeness (QED) is 0.767. The van der Waals surface area contributed by atoms with E-state index in [0.29, 0.717) is 12.3 Å². The van der Waals surface area contributed by atoms with Crippen LogP contribution >= 0.6 is 0 Å². The molecule has 0 amide bonds. The number of hydrogen-bond acceptors (Lipinski definition) is 4. The van der Waals surface area contributed by atoms with E-state index in [-0.39, 0.29) is 18.0 Å². The maximum absolute atomic E-state index is 12.1. The summed E-state index contributed by atoms with van der Waals surface area (Å²) in [5.41, 5.74) is 0. The molecule has 1 rings (SSSR count). The fourth-order valence-corrected chi connectivity index (χ4v) is 2.10. The zero-order valence-electron chi connectivity index (χ0n) is 10.8. The molecule has 108 valence electrons. The first-order chi connectivity index (χ1) is 8.79. The van der Waals surface area contributed by atoms with Crippen molar-refractivity contribution in [1.29, 1.82) is 0 Å². The fraction of sp³-hybridized carbons (Fsp3) is 0.500. The molecule has 0 saturated carbocycles. The summed E-state index contributed by atoms with van der Waals surface area (Å²) >= 11 is 0. The lowest BCUT2D eigenvalue weighted by Gasteiger charge is -2.16. The van der Waals surface area contributed by atoms with Crippen LogP contribution in [0.5, 0.6) is 5.75 Å². The highest BCUT2D eigenvalue weighted by Crippen LogP contribution is 2.17. The van der Waals surface area contributed by atoms with Crippen molar-refractivity contribution < 1.29 is 21.9 Å². The molecule has 0 aliphatic heterocycles. The summed E-state index contributed by atoms with van der Waals surface area (Å²) in [5.74, 6) is 0.411. The topological polar surface area (TPSA) is 46.6 Å². The molecule has 1 aromatic rings. The van der Waals surface area contributed by atoms with E-state index in [1.165, 1.54) is 17.0 Å². The molecule has 7 heteroatoms. The van der Waals surface area contributed by atoms with E-state index in [4.69, 9.17) is 4.74 Å². The Morgan fingerprint density at radius 2 is 2.05 bits per heavy atom. The van der Waals surface area contributed by atoms with Gasteiger partial charge in [-0.3, -0.25) is 4.90 Å². The van der Waals surface area contributed by atoms with Crippen LogP contribution in [0.25, 0.3) is 0 Å². The van der Waals surface area contributed by atoms with Gasteiger partial charge < -0.3 is 4.74 Å². The minimum absolute atomic E-state index is 0.172. The molecule has 0 aliphatic rings. The van der Waals surface area contributed by atoms with Crippen LogP contribution in [0.2, 0.25) is 0 Å². The summed E-state index contributed by atoms with van der Waals surface area (Å²) in [6.45, 7) is 0.247. The summed E-state index contributed by atoms with van der Waals surface area (Å²) < 4.78 is 52.2. The molecule has 0 saturated heterocycles. The number of likely N-dealkylation sites (N-methyl/N-ethyl adjacent to an activating group) is 1. The zero-order chi connectivity index (χ0) is 14.5. The lowest BCUT2D eigenvalue weighted by Crippen LogP contribution is -2.28. The summed E-state index contributed by atoms with van der Waals surface area (Å²) in [4.78, 5) is 1.62. The maximum Gasteiger partial charge on any atom is 0.251 e. The van der Waals surface area contributed by atoms with E-state index in [2.05, 4.69) is 0 Å². The average molecular weight is 293 g/mol. The Kier molecular flexibility index (Phi) is 5.68. The SMILES string of the molecule is CN(CCOc1cccc(S(C)(=O)=O)c1)CC(F)F. The predicted octanol–water partition coefficient (Wildman–Crippen LogP) is 1.67. The van der Waals surface area contributed by atoms with Crippen LogP contribution in [0.3, 0.4) is 0 Å². The second kappa shape index (κ2) is 6.81. The molecule has 0 bridgehead atoms. The fourth-order valence-electron chi connectivity index (χ4n) is 1.44. The molecule has 0 fully saturated rings. The monoisotopic (exact) mass is 293 g/mol. The van der Waals surface area contributed by atoms with E-state index in [9.17, 15) is 17.2 Å². The summed E-state index contributed by atoms with van der Waals surface area (Å²) in [5, 5.41) is 0. The third kappa shape index (κ3) is 5.98. The maximum atomic E-state index is 12.1. The second-order valence-electron chi connectivity index (χ2n) is 4.25. The molecule has 4 nitrogen and oxygen atoms in total. The molecule has 0 radical (unpaired) electrons. The molecule has 0 spiro atoms. The van der Waals surface area contributed by atoms with E-state index in [0.717, 1.165) is 6.26 Å².